The molecule has 2 aromatic carbocycles. The van der Waals surface area contributed by atoms with Gasteiger partial charge in [0.2, 0.25) is 0 Å². The third kappa shape index (κ3) is 4.51. The Labute approximate surface area is 148 Å². The number of hydrogen-bond donors (Lipinski definition) is 0. The number of esters is 1. The molecule has 0 aliphatic rings. The lowest BCUT2D eigenvalue weighted by molar-refractivity contribution is -0.0610. The van der Waals surface area contributed by atoms with Crippen LogP contribution in [0.5, 0.6) is 11.5 Å². The first-order chi connectivity index (χ1) is 12.1. The molecule has 0 aliphatic heterocycles. The first-order valence-corrected chi connectivity index (χ1v) is 8.34. The summed E-state index contributed by atoms with van der Waals surface area (Å²) >= 11 is 0. The van der Waals surface area contributed by atoms with Gasteiger partial charge in [0, 0.05) is 12.2 Å². The van der Waals surface area contributed by atoms with Gasteiger partial charge in [-0.25, -0.2) is 4.79 Å². The van der Waals surface area contributed by atoms with Crippen molar-refractivity contribution in [1.82, 2.24) is 0 Å². The average molecular weight is 344 g/mol. The van der Waals surface area contributed by atoms with Crippen molar-refractivity contribution < 1.29 is 23.7 Å². The lowest BCUT2D eigenvalue weighted by Crippen LogP contribution is -2.16. The van der Waals surface area contributed by atoms with Gasteiger partial charge in [0.1, 0.15) is 11.5 Å². The monoisotopic (exact) mass is 344 g/mol. The molecule has 0 saturated carbocycles. The minimum absolute atomic E-state index is 0.309. The Balaban J connectivity index is 2.56. The van der Waals surface area contributed by atoms with E-state index in [-0.39, 0.29) is 5.97 Å². The van der Waals surface area contributed by atoms with Crippen molar-refractivity contribution in [2.75, 3.05) is 20.3 Å². The summed E-state index contributed by atoms with van der Waals surface area (Å²) in [4.78, 5) is 12.3. The van der Waals surface area contributed by atoms with E-state index in [0.29, 0.717) is 41.4 Å². The van der Waals surface area contributed by atoms with E-state index >= 15 is 0 Å². The van der Waals surface area contributed by atoms with Crippen LogP contribution in [0.15, 0.2) is 42.5 Å². The third-order valence-corrected chi connectivity index (χ3v) is 3.59. The predicted octanol–water partition coefficient (Wildman–Crippen LogP) is 4.30. The van der Waals surface area contributed by atoms with Crippen LogP contribution in [0, 0.1) is 0 Å². The van der Waals surface area contributed by atoms with Crippen molar-refractivity contribution in [3.05, 3.63) is 48.0 Å². The highest BCUT2D eigenvalue weighted by atomic mass is 16.7. The molecule has 0 bridgehead atoms. The number of rotatable bonds is 8. The highest BCUT2D eigenvalue weighted by Crippen LogP contribution is 2.40. The van der Waals surface area contributed by atoms with Crippen LogP contribution in [-0.4, -0.2) is 32.6 Å². The molecule has 2 rings (SSSR count). The topological polar surface area (TPSA) is 54.0 Å². The van der Waals surface area contributed by atoms with Crippen LogP contribution < -0.4 is 9.47 Å². The smallest absolute Gasteiger partial charge is 0.338 e. The van der Waals surface area contributed by atoms with Gasteiger partial charge in [-0.2, -0.15) is 0 Å². The maximum absolute atomic E-state index is 12.3. The average Bonchev–Trinajstić information content (AvgIpc) is 2.62. The highest BCUT2D eigenvalue weighted by Gasteiger charge is 2.21. The Morgan fingerprint density at radius 1 is 1.00 bits per heavy atom. The van der Waals surface area contributed by atoms with Gasteiger partial charge in [0.25, 0.3) is 0 Å². The molecule has 0 amide bonds. The van der Waals surface area contributed by atoms with E-state index in [1.165, 1.54) is 0 Å². The number of ether oxygens (including phenoxy) is 4. The lowest BCUT2D eigenvalue weighted by atomic mass is 9.98. The first kappa shape index (κ1) is 18.8. The molecule has 1 atom stereocenters. The van der Waals surface area contributed by atoms with Crippen molar-refractivity contribution in [3.63, 3.8) is 0 Å². The summed E-state index contributed by atoms with van der Waals surface area (Å²) in [6.07, 6.45) is -0.425. The van der Waals surface area contributed by atoms with E-state index < -0.39 is 6.29 Å². The molecule has 5 heteroatoms. The van der Waals surface area contributed by atoms with Crippen LogP contribution >= 0.6 is 0 Å². The summed E-state index contributed by atoms with van der Waals surface area (Å²) in [5, 5.41) is 0. The normalized spacial score (nSPS) is 11.7. The summed E-state index contributed by atoms with van der Waals surface area (Å²) in [7, 11) is 1.58. The summed E-state index contributed by atoms with van der Waals surface area (Å²) in [6.45, 7) is 6.36. The summed E-state index contributed by atoms with van der Waals surface area (Å²) in [5.41, 5.74) is 1.85. The second-order valence-electron chi connectivity index (χ2n) is 5.24. The number of methoxy groups -OCH3 is 1. The fraction of sp³-hybridized carbons (Fsp3) is 0.350. The Kier molecular flexibility index (Phi) is 6.83. The molecular formula is C20H24O5. The minimum Gasteiger partial charge on any atom is -0.496 e. The maximum atomic E-state index is 12.3. The number of benzene rings is 2. The van der Waals surface area contributed by atoms with Crippen LogP contribution in [-0.2, 0) is 9.47 Å². The molecule has 134 valence electrons. The van der Waals surface area contributed by atoms with Crippen LogP contribution in [0.1, 0.15) is 31.1 Å². The molecule has 0 heterocycles. The molecule has 0 spiro atoms. The Bertz CT molecular complexity index is 711. The van der Waals surface area contributed by atoms with Gasteiger partial charge < -0.3 is 18.9 Å². The van der Waals surface area contributed by atoms with Gasteiger partial charge >= 0.3 is 5.97 Å². The summed E-state index contributed by atoms with van der Waals surface area (Å²) < 4.78 is 22.1. The van der Waals surface area contributed by atoms with E-state index in [2.05, 4.69) is 0 Å². The molecule has 2 aromatic rings. The Hall–Kier alpha value is -2.53. The Morgan fingerprint density at radius 3 is 2.40 bits per heavy atom. The van der Waals surface area contributed by atoms with Gasteiger partial charge in [-0.3, -0.25) is 0 Å². The quantitative estimate of drug-likeness (QED) is 0.528. The predicted molar refractivity (Wildman–Crippen MR) is 96.1 cm³/mol. The van der Waals surface area contributed by atoms with Crippen LogP contribution in [0.3, 0.4) is 0 Å². The van der Waals surface area contributed by atoms with Crippen molar-refractivity contribution >= 4 is 5.97 Å². The number of carbonyl (C=O) groups is 1. The molecular weight excluding hydrogens is 320 g/mol. The third-order valence-electron chi connectivity index (χ3n) is 3.59. The molecule has 0 N–H and O–H groups in total. The van der Waals surface area contributed by atoms with E-state index in [0.717, 1.165) is 0 Å². The lowest BCUT2D eigenvalue weighted by Gasteiger charge is -2.20. The van der Waals surface area contributed by atoms with Gasteiger partial charge in [-0.1, -0.05) is 24.3 Å². The van der Waals surface area contributed by atoms with Crippen LogP contribution in [0.2, 0.25) is 0 Å². The second kappa shape index (κ2) is 9.08. The van der Waals surface area contributed by atoms with Crippen LogP contribution in [0.4, 0.5) is 0 Å². The second-order valence-corrected chi connectivity index (χ2v) is 5.24. The van der Waals surface area contributed by atoms with Crippen molar-refractivity contribution in [2.45, 2.75) is 27.1 Å². The van der Waals surface area contributed by atoms with E-state index in [9.17, 15) is 4.79 Å². The van der Waals surface area contributed by atoms with Gasteiger partial charge in [0.05, 0.1) is 24.8 Å². The number of carbonyl (C=O) groups excluding carboxylic acids is 1. The summed E-state index contributed by atoms with van der Waals surface area (Å²) in [5.74, 6) is 0.808. The standard InChI is InChI=1S/C20H24O5/c1-5-23-14(3)25-18-13-9-12-17(22-4)19(18)15-10-7-8-11-16(15)20(21)24-6-2/h7-14H,5-6H2,1-4H3. The van der Waals surface area contributed by atoms with E-state index in [1.54, 1.807) is 26.2 Å². The summed E-state index contributed by atoms with van der Waals surface area (Å²) in [6, 6.07) is 12.7. The fourth-order valence-electron chi connectivity index (χ4n) is 2.58. The maximum Gasteiger partial charge on any atom is 0.338 e. The van der Waals surface area contributed by atoms with Crippen LogP contribution in [0.25, 0.3) is 11.1 Å². The van der Waals surface area contributed by atoms with Gasteiger partial charge in [0.15, 0.2) is 6.29 Å². The fourth-order valence-corrected chi connectivity index (χ4v) is 2.58. The molecule has 0 aromatic heterocycles. The van der Waals surface area contributed by atoms with Gasteiger partial charge in [-0.05, 0) is 39.0 Å². The van der Waals surface area contributed by atoms with E-state index in [4.69, 9.17) is 18.9 Å². The first-order valence-electron chi connectivity index (χ1n) is 8.34. The molecule has 1 unspecified atom stereocenters. The van der Waals surface area contributed by atoms with E-state index in [1.807, 2.05) is 44.2 Å². The molecule has 25 heavy (non-hydrogen) atoms. The molecule has 5 nitrogen and oxygen atoms in total. The largest absolute Gasteiger partial charge is 0.496 e. The zero-order chi connectivity index (χ0) is 18.2. The highest BCUT2D eigenvalue weighted by molar-refractivity contribution is 5.99. The zero-order valence-electron chi connectivity index (χ0n) is 15.1. The zero-order valence-corrected chi connectivity index (χ0v) is 15.1. The molecule has 0 aliphatic carbocycles. The minimum atomic E-state index is -0.425. The van der Waals surface area contributed by atoms with Gasteiger partial charge in [-0.15, -0.1) is 0 Å². The molecule has 0 saturated heterocycles. The molecule has 0 fully saturated rings. The Morgan fingerprint density at radius 2 is 1.72 bits per heavy atom. The number of hydrogen-bond acceptors (Lipinski definition) is 5. The van der Waals surface area contributed by atoms with Crippen molar-refractivity contribution in [3.8, 4) is 22.6 Å². The SMILES string of the molecule is CCOC(=O)c1ccccc1-c1c(OC)cccc1OC(C)OCC. The van der Waals surface area contributed by atoms with Crippen molar-refractivity contribution in [2.24, 2.45) is 0 Å². The molecule has 0 radical (unpaired) electrons. The van der Waals surface area contributed by atoms with Crippen molar-refractivity contribution in [1.29, 1.82) is 0 Å².